The Morgan fingerprint density at radius 1 is 1.03 bits per heavy atom. The van der Waals surface area contributed by atoms with Gasteiger partial charge in [0.15, 0.2) is 0 Å². The summed E-state index contributed by atoms with van der Waals surface area (Å²) in [5, 5.41) is 12.8. The zero-order valence-electron chi connectivity index (χ0n) is 18.2. The van der Waals surface area contributed by atoms with Crippen molar-refractivity contribution < 1.29 is 19.4 Å². The van der Waals surface area contributed by atoms with Crippen molar-refractivity contribution in [2.75, 3.05) is 0 Å². The fourth-order valence-corrected chi connectivity index (χ4v) is 5.45. The van der Waals surface area contributed by atoms with Crippen LogP contribution in [0.3, 0.4) is 0 Å². The molecule has 2 unspecified atom stereocenters. The van der Waals surface area contributed by atoms with Crippen LogP contribution >= 0.6 is 0 Å². The van der Waals surface area contributed by atoms with Crippen molar-refractivity contribution in [1.82, 2.24) is 4.57 Å². The molecule has 2 aliphatic rings. The molecule has 1 aliphatic carbocycles. The van der Waals surface area contributed by atoms with E-state index in [4.69, 9.17) is 10.5 Å². The molecule has 6 heteroatoms. The van der Waals surface area contributed by atoms with E-state index in [9.17, 15) is 14.7 Å². The number of nitrogens with two attached hydrogens (primary N) is 1. The minimum Gasteiger partial charge on any atom is -0.454 e. The second-order valence-corrected chi connectivity index (χ2v) is 9.04. The number of ketones is 1. The number of amides is 1. The molecule has 1 aliphatic heterocycles. The number of hydrogen-bond donors (Lipinski definition) is 2. The Morgan fingerprint density at radius 3 is 2.52 bits per heavy atom. The normalized spacial score (nSPS) is 22.8. The molecule has 6 rings (SSSR count). The van der Waals surface area contributed by atoms with E-state index in [1.807, 2.05) is 36.4 Å². The molecule has 3 aromatic carbocycles. The van der Waals surface area contributed by atoms with Gasteiger partial charge in [-0.05, 0) is 23.6 Å². The lowest BCUT2D eigenvalue weighted by atomic mass is 9.81. The maximum Gasteiger partial charge on any atom is 0.271 e. The molecule has 6 nitrogen and oxygen atoms in total. The molecule has 0 saturated heterocycles. The van der Waals surface area contributed by atoms with Gasteiger partial charge in [0.05, 0.1) is 11.1 Å². The van der Waals surface area contributed by atoms with Crippen LogP contribution in [-0.2, 0) is 11.3 Å². The summed E-state index contributed by atoms with van der Waals surface area (Å²) in [5.74, 6) is -2.21. The Hall–Kier alpha value is -3.90. The zero-order chi connectivity index (χ0) is 23.1. The first-order valence-electron chi connectivity index (χ1n) is 10.9. The first kappa shape index (κ1) is 19.8. The summed E-state index contributed by atoms with van der Waals surface area (Å²) in [4.78, 5) is 26.5. The van der Waals surface area contributed by atoms with Gasteiger partial charge in [0.1, 0.15) is 5.75 Å². The highest BCUT2D eigenvalue weighted by molar-refractivity contribution is 6.13. The molecular formula is C27H22N2O4. The predicted octanol–water partition coefficient (Wildman–Crippen LogP) is 4.04. The van der Waals surface area contributed by atoms with E-state index in [1.165, 1.54) is 0 Å². The third-order valence-corrected chi connectivity index (χ3v) is 7.01. The zero-order valence-corrected chi connectivity index (χ0v) is 18.2. The lowest BCUT2D eigenvalue weighted by Gasteiger charge is -2.35. The van der Waals surface area contributed by atoms with Gasteiger partial charge in [0.2, 0.25) is 11.3 Å². The Bertz CT molecular complexity index is 1500. The molecule has 1 aromatic heterocycles. The summed E-state index contributed by atoms with van der Waals surface area (Å²) in [6.45, 7) is 4.14. The number of para-hydroxylation sites is 1. The molecular weight excluding hydrogens is 416 g/mol. The highest BCUT2D eigenvalue weighted by Gasteiger charge is 2.72. The number of Topliss-reactive ketones (excluding diaryl/α,β-unsaturated/α-hetero) is 1. The lowest BCUT2D eigenvalue weighted by Crippen LogP contribution is -2.53. The molecule has 3 N–H and O–H groups in total. The lowest BCUT2D eigenvalue weighted by molar-refractivity contribution is -0.170. The first-order chi connectivity index (χ1) is 15.8. The van der Waals surface area contributed by atoms with Crippen molar-refractivity contribution in [1.29, 1.82) is 0 Å². The topological polar surface area (TPSA) is 94.6 Å². The summed E-state index contributed by atoms with van der Waals surface area (Å²) in [6.07, 6.45) is 1.57. The number of ether oxygens (including phenoxy) is 1. The summed E-state index contributed by atoms with van der Waals surface area (Å²) >= 11 is 0. The first-order valence-corrected chi connectivity index (χ1v) is 10.9. The van der Waals surface area contributed by atoms with E-state index in [1.54, 1.807) is 41.1 Å². The molecule has 4 aromatic rings. The van der Waals surface area contributed by atoms with E-state index in [2.05, 4.69) is 13.8 Å². The fraction of sp³-hybridized carbons (Fsp3) is 0.185. The van der Waals surface area contributed by atoms with Crippen molar-refractivity contribution in [3.05, 3.63) is 101 Å². The number of aliphatic hydroxyl groups is 1. The van der Waals surface area contributed by atoms with E-state index in [0.717, 1.165) is 5.56 Å². The SMILES string of the molecule is CC(C)c1ccc2c(c1)OC1(O)c3ccccc3C(=O)C21n1cc(C(N)=O)c2ccccc21. The van der Waals surface area contributed by atoms with Gasteiger partial charge in [0.25, 0.3) is 11.7 Å². The highest BCUT2D eigenvalue weighted by Crippen LogP contribution is 2.61. The quantitative estimate of drug-likeness (QED) is 0.505. The van der Waals surface area contributed by atoms with Crippen LogP contribution < -0.4 is 10.5 Å². The molecule has 0 saturated carbocycles. The number of hydrogen-bond acceptors (Lipinski definition) is 4. The van der Waals surface area contributed by atoms with Gasteiger partial charge < -0.3 is 20.1 Å². The Balaban J connectivity index is 1.77. The Morgan fingerprint density at radius 2 is 1.76 bits per heavy atom. The van der Waals surface area contributed by atoms with E-state index < -0.39 is 17.2 Å². The molecule has 0 bridgehead atoms. The number of carbonyl (C=O) groups is 2. The molecule has 2 heterocycles. The standard InChI is InChI=1S/C27H22N2O4/c1-15(2)16-11-12-21-23(13-16)33-27(32)20-9-5-3-8-18(20)24(30)26(21,27)29-14-19(25(28)31)17-7-4-6-10-22(17)29/h3-15,32H,1-2H3,(H2,28,31). The van der Waals surface area contributed by atoms with Crippen LogP contribution in [0.15, 0.2) is 72.9 Å². The molecule has 0 radical (unpaired) electrons. The molecule has 0 spiro atoms. The Kier molecular flexibility index (Phi) is 3.79. The summed E-state index contributed by atoms with van der Waals surface area (Å²) in [7, 11) is 0. The van der Waals surface area contributed by atoms with Gasteiger partial charge in [-0.15, -0.1) is 0 Å². The summed E-state index contributed by atoms with van der Waals surface area (Å²) in [6, 6.07) is 19.9. The Labute approximate surface area is 190 Å². The van der Waals surface area contributed by atoms with Crippen LogP contribution in [0.2, 0.25) is 0 Å². The van der Waals surface area contributed by atoms with Crippen LogP contribution in [0.4, 0.5) is 0 Å². The number of nitrogens with zero attached hydrogens (tertiary/aromatic N) is 1. The largest absolute Gasteiger partial charge is 0.454 e. The van der Waals surface area contributed by atoms with Crippen LogP contribution in [0.1, 0.15) is 57.2 Å². The second-order valence-electron chi connectivity index (χ2n) is 9.04. The van der Waals surface area contributed by atoms with E-state index >= 15 is 0 Å². The third-order valence-electron chi connectivity index (χ3n) is 7.01. The maximum atomic E-state index is 14.2. The van der Waals surface area contributed by atoms with Gasteiger partial charge >= 0.3 is 0 Å². The van der Waals surface area contributed by atoms with Gasteiger partial charge in [-0.2, -0.15) is 0 Å². The number of fused-ring (bicyclic) bond motifs is 6. The molecule has 0 fully saturated rings. The number of primary amides is 1. The number of carbonyl (C=O) groups excluding carboxylic acids is 2. The van der Waals surface area contributed by atoms with Crippen molar-refractivity contribution in [2.24, 2.45) is 5.73 Å². The van der Waals surface area contributed by atoms with Crippen LogP contribution in [0.5, 0.6) is 5.75 Å². The van der Waals surface area contributed by atoms with Gasteiger partial charge in [-0.3, -0.25) is 9.59 Å². The minimum absolute atomic E-state index is 0.238. The van der Waals surface area contributed by atoms with Crippen LogP contribution in [-0.4, -0.2) is 21.4 Å². The molecule has 33 heavy (non-hydrogen) atoms. The second kappa shape index (κ2) is 6.33. The number of rotatable bonds is 3. The maximum absolute atomic E-state index is 14.2. The summed E-state index contributed by atoms with van der Waals surface area (Å²) < 4.78 is 7.95. The van der Waals surface area contributed by atoms with E-state index in [-0.39, 0.29) is 17.3 Å². The average Bonchev–Trinajstić information content (AvgIpc) is 3.37. The molecule has 1 amide bonds. The summed E-state index contributed by atoms with van der Waals surface area (Å²) in [5.41, 5.74) is 7.30. The van der Waals surface area contributed by atoms with Crippen LogP contribution in [0.25, 0.3) is 10.9 Å². The smallest absolute Gasteiger partial charge is 0.271 e. The van der Waals surface area contributed by atoms with Gasteiger partial charge in [-0.25, -0.2) is 0 Å². The average molecular weight is 438 g/mol. The van der Waals surface area contributed by atoms with Crippen LogP contribution in [0, 0.1) is 0 Å². The number of benzene rings is 3. The van der Waals surface area contributed by atoms with Crippen molar-refractivity contribution in [3.63, 3.8) is 0 Å². The minimum atomic E-state index is -1.99. The molecule has 2 atom stereocenters. The third kappa shape index (κ3) is 2.21. The molecule has 164 valence electrons. The van der Waals surface area contributed by atoms with Crippen molar-refractivity contribution in [2.45, 2.75) is 31.1 Å². The van der Waals surface area contributed by atoms with Crippen molar-refractivity contribution >= 4 is 22.6 Å². The monoisotopic (exact) mass is 438 g/mol. The highest BCUT2D eigenvalue weighted by atomic mass is 16.6. The predicted molar refractivity (Wildman–Crippen MR) is 123 cm³/mol. The fourth-order valence-electron chi connectivity index (χ4n) is 5.45. The number of aromatic nitrogens is 1. The van der Waals surface area contributed by atoms with E-state index in [0.29, 0.717) is 33.3 Å². The van der Waals surface area contributed by atoms with Gasteiger partial charge in [-0.1, -0.05) is 68.4 Å². The van der Waals surface area contributed by atoms with Crippen molar-refractivity contribution in [3.8, 4) is 5.75 Å². The van der Waals surface area contributed by atoms with Gasteiger partial charge in [0, 0.05) is 28.3 Å².